The Kier molecular flexibility index (Phi) is 7.56. The summed E-state index contributed by atoms with van der Waals surface area (Å²) in [7, 11) is 0. The number of hydrogen-bond donors (Lipinski definition) is 1. The van der Waals surface area contributed by atoms with Crippen LogP contribution in [0, 0.1) is 0 Å². The lowest BCUT2D eigenvalue weighted by molar-refractivity contribution is -0.137. The lowest BCUT2D eigenvalue weighted by Gasteiger charge is -2.16. The van der Waals surface area contributed by atoms with E-state index in [2.05, 4.69) is 16.9 Å². The number of halogens is 3. The quantitative estimate of drug-likeness (QED) is 0.810. The number of nitrogens with one attached hydrogen (secondary N) is 1. The Morgan fingerprint density at radius 1 is 1.30 bits per heavy atom. The molecule has 0 aliphatic heterocycles. The van der Waals surface area contributed by atoms with E-state index in [1.54, 1.807) is 26.8 Å². The summed E-state index contributed by atoms with van der Waals surface area (Å²) in [5.41, 5.74) is -2.08. The Labute approximate surface area is 155 Å². The number of aromatic nitrogens is 3. The fourth-order valence-corrected chi connectivity index (χ4v) is 2.23. The van der Waals surface area contributed by atoms with Gasteiger partial charge in [-0.05, 0) is 45.9 Å². The largest absolute Gasteiger partial charge is 0.416 e. The molecule has 1 heterocycles. The molecule has 9 heteroatoms. The third-order valence-corrected chi connectivity index (χ3v) is 3.38. The van der Waals surface area contributed by atoms with Crippen molar-refractivity contribution in [3.05, 3.63) is 63.5 Å². The van der Waals surface area contributed by atoms with Crippen molar-refractivity contribution in [3.8, 4) is 0 Å². The minimum absolute atomic E-state index is 0.0839. The van der Waals surface area contributed by atoms with Crippen molar-refractivity contribution in [3.63, 3.8) is 0 Å². The summed E-state index contributed by atoms with van der Waals surface area (Å²) in [4.78, 5) is 28.2. The molecule has 1 aromatic heterocycles. The van der Waals surface area contributed by atoms with Gasteiger partial charge in [0.15, 0.2) is 0 Å². The first-order valence-corrected chi connectivity index (χ1v) is 8.31. The van der Waals surface area contributed by atoms with Gasteiger partial charge in [-0.15, -0.1) is 6.58 Å². The van der Waals surface area contributed by atoms with E-state index in [9.17, 15) is 22.8 Å². The first kappa shape index (κ1) is 22.2. The fourth-order valence-electron chi connectivity index (χ4n) is 2.23. The average molecular weight is 384 g/mol. The van der Waals surface area contributed by atoms with Gasteiger partial charge in [-0.3, -0.25) is 4.57 Å². The maximum absolute atomic E-state index is 12.8. The van der Waals surface area contributed by atoms with E-state index in [4.69, 9.17) is 0 Å². The molecule has 0 unspecified atom stereocenters. The summed E-state index contributed by atoms with van der Waals surface area (Å²) in [5, 5.41) is 2.62. The van der Waals surface area contributed by atoms with Gasteiger partial charge in [-0.1, -0.05) is 12.1 Å². The third-order valence-electron chi connectivity index (χ3n) is 3.38. The Balaban J connectivity index is 0.00000114. The van der Waals surface area contributed by atoms with Crippen molar-refractivity contribution < 1.29 is 13.2 Å². The minimum Gasteiger partial charge on any atom is -0.325 e. The van der Waals surface area contributed by atoms with Gasteiger partial charge in [-0.25, -0.2) is 14.2 Å². The summed E-state index contributed by atoms with van der Waals surface area (Å²) in [6, 6.07) is 4.07. The molecule has 0 spiro atoms. The topological polar surface area (TPSA) is 68.9 Å². The molecule has 0 atom stereocenters. The minimum atomic E-state index is -4.49. The Morgan fingerprint density at radius 3 is 2.37 bits per heavy atom. The Bertz CT molecular complexity index is 899. The lowest BCUT2D eigenvalue weighted by Crippen LogP contribution is -2.43. The number of hydrogen-bond acceptors (Lipinski definition) is 4. The van der Waals surface area contributed by atoms with E-state index in [1.807, 2.05) is 6.92 Å². The molecular formula is C18H23F3N4O2. The van der Waals surface area contributed by atoms with Crippen LogP contribution >= 0.6 is 0 Å². The van der Waals surface area contributed by atoms with Crippen LogP contribution in [-0.4, -0.2) is 14.1 Å². The molecule has 0 amide bonds. The predicted octanol–water partition coefficient (Wildman–Crippen LogP) is 3.96. The van der Waals surface area contributed by atoms with Crippen molar-refractivity contribution in [1.82, 2.24) is 14.1 Å². The highest BCUT2D eigenvalue weighted by molar-refractivity contribution is 5.54. The van der Waals surface area contributed by atoms with Gasteiger partial charge in [0.25, 0.3) is 0 Å². The molecule has 2 aromatic rings. The van der Waals surface area contributed by atoms with Crippen LogP contribution in [0.4, 0.5) is 24.8 Å². The van der Waals surface area contributed by atoms with Crippen LogP contribution in [0.2, 0.25) is 0 Å². The summed E-state index contributed by atoms with van der Waals surface area (Å²) < 4.78 is 40.5. The molecule has 0 radical (unpaired) electrons. The molecule has 1 aromatic carbocycles. The van der Waals surface area contributed by atoms with Gasteiger partial charge >= 0.3 is 17.6 Å². The van der Waals surface area contributed by atoms with Crippen LogP contribution in [0.25, 0.3) is 0 Å². The summed E-state index contributed by atoms with van der Waals surface area (Å²) in [6.45, 7) is 10.5. The summed E-state index contributed by atoms with van der Waals surface area (Å²) >= 11 is 0. The van der Waals surface area contributed by atoms with Crippen LogP contribution in [0.5, 0.6) is 0 Å². The van der Waals surface area contributed by atoms with Crippen molar-refractivity contribution in [2.24, 2.45) is 0 Å². The van der Waals surface area contributed by atoms with Gasteiger partial charge in [0.05, 0.1) is 5.56 Å². The second kappa shape index (κ2) is 9.20. The number of benzene rings is 1. The monoisotopic (exact) mass is 384 g/mol. The van der Waals surface area contributed by atoms with Crippen LogP contribution < -0.4 is 16.7 Å². The van der Waals surface area contributed by atoms with E-state index in [0.717, 1.165) is 16.7 Å². The molecule has 0 fully saturated rings. The van der Waals surface area contributed by atoms with E-state index < -0.39 is 23.1 Å². The number of nitrogens with zero attached hydrogens (tertiary/aromatic N) is 3. The van der Waals surface area contributed by atoms with Crippen LogP contribution in [-0.2, 0) is 12.7 Å². The predicted molar refractivity (Wildman–Crippen MR) is 99.4 cm³/mol. The SMILES string of the molecule is C=CC.CCn1c(Nc2cccc(C(F)(F)F)c2)nc(=O)n(C(C)C)c1=O. The molecule has 0 aliphatic carbocycles. The van der Waals surface area contributed by atoms with Crippen molar-refractivity contribution in [1.29, 1.82) is 0 Å². The van der Waals surface area contributed by atoms with Crippen LogP contribution in [0.15, 0.2) is 46.5 Å². The van der Waals surface area contributed by atoms with Crippen molar-refractivity contribution in [2.75, 3.05) is 5.32 Å². The van der Waals surface area contributed by atoms with E-state index >= 15 is 0 Å². The Hall–Kier alpha value is -2.84. The lowest BCUT2D eigenvalue weighted by atomic mass is 10.2. The molecule has 1 N–H and O–H groups in total. The highest BCUT2D eigenvalue weighted by atomic mass is 19.4. The molecular weight excluding hydrogens is 361 g/mol. The normalized spacial score (nSPS) is 11.0. The zero-order chi connectivity index (χ0) is 20.8. The number of rotatable bonds is 4. The molecule has 6 nitrogen and oxygen atoms in total. The maximum atomic E-state index is 12.8. The zero-order valence-electron chi connectivity index (χ0n) is 15.7. The van der Waals surface area contributed by atoms with Gasteiger partial charge in [-0.2, -0.15) is 18.2 Å². The number of anilines is 2. The fraction of sp³-hybridized carbons (Fsp3) is 0.389. The number of alkyl halides is 3. The molecule has 0 aliphatic rings. The van der Waals surface area contributed by atoms with E-state index in [0.29, 0.717) is 0 Å². The average Bonchev–Trinajstić information content (AvgIpc) is 2.54. The first-order valence-electron chi connectivity index (χ1n) is 8.31. The van der Waals surface area contributed by atoms with Gasteiger partial charge in [0, 0.05) is 18.3 Å². The smallest absolute Gasteiger partial charge is 0.325 e. The summed E-state index contributed by atoms with van der Waals surface area (Å²) in [6.07, 6.45) is -2.74. The van der Waals surface area contributed by atoms with Gasteiger partial charge < -0.3 is 5.32 Å². The zero-order valence-corrected chi connectivity index (χ0v) is 15.7. The van der Waals surface area contributed by atoms with Crippen LogP contribution in [0.3, 0.4) is 0 Å². The Morgan fingerprint density at radius 2 is 1.89 bits per heavy atom. The van der Waals surface area contributed by atoms with Gasteiger partial charge in [0.2, 0.25) is 5.95 Å². The molecule has 0 saturated carbocycles. The van der Waals surface area contributed by atoms with Crippen molar-refractivity contribution >= 4 is 11.6 Å². The molecule has 0 saturated heterocycles. The van der Waals surface area contributed by atoms with E-state index in [1.165, 1.54) is 16.7 Å². The first-order chi connectivity index (χ1) is 12.6. The number of allylic oxidation sites excluding steroid dienone is 1. The molecule has 2 rings (SSSR count). The maximum Gasteiger partial charge on any atom is 0.416 e. The van der Waals surface area contributed by atoms with Gasteiger partial charge in [0.1, 0.15) is 0 Å². The highest BCUT2D eigenvalue weighted by Crippen LogP contribution is 2.31. The molecule has 0 bridgehead atoms. The van der Waals surface area contributed by atoms with E-state index in [-0.39, 0.29) is 24.2 Å². The standard InChI is InChI=1S/C15H17F3N4O2.C3H6/c1-4-21-12(20-13(23)22(9(2)3)14(21)24)19-11-7-5-6-10(8-11)15(16,17)18;1-3-2/h5-9H,4H2,1-3H3,(H,19,20,23);3H,1H2,2H3. The highest BCUT2D eigenvalue weighted by Gasteiger charge is 2.30. The molecule has 27 heavy (non-hydrogen) atoms. The third kappa shape index (κ3) is 5.57. The van der Waals surface area contributed by atoms with Crippen molar-refractivity contribution in [2.45, 2.75) is 46.5 Å². The second-order valence-corrected chi connectivity index (χ2v) is 5.82. The molecule has 148 valence electrons. The van der Waals surface area contributed by atoms with Crippen LogP contribution in [0.1, 0.15) is 39.3 Å². The summed E-state index contributed by atoms with van der Waals surface area (Å²) in [5.74, 6) is -0.0938. The second-order valence-electron chi connectivity index (χ2n) is 5.82.